The minimum Gasteiger partial charge on any atom is -0.333 e. The molecule has 0 amide bonds. The van der Waals surface area contributed by atoms with E-state index in [1.807, 2.05) is 43.4 Å². The van der Waals surface area contributed by atoms with Gasteiger partial charge in [0.25, 0.3) is 5.56 Å². The number of hydrogen-bond acceptors (Lipinski definition) is 3. The van der Waals surface area contributed by atoms with Crippen molar-refractivity contribution >= 4 is 5.65 Å². The molecule has 1 saturated heterocycles. The van der Waals surface area contributed by atoms with Crippen LogP contribution in [0, 0.1) is 0 Å². The molecule has 1 aliphatic heterocycles. The monoisotopic (exact) mass is 308 g/mol. The number of hydrogen-bond donors (Lipinski definition) is 1. The molecule has 118 valence electrons. The Morgan fingerprint density at radius 2 is 1.87 bits per heavy atom. The third-order valence-electron chi connectivity index (χ3n) is 4.73. The van der Waals surface area contributed by atoms with Crippen molar-refractivity contribution in [2.24, 2.45) is 7.05 Å². The Balaban J connectivity index is 1.86. The molecule has 1 aliphatic rings. The van der Waals surface area contributed by atoms with Crippen LogP contribution in [0.15, 0.2) is 47.3 Å². The topological polar surface area (TPSA) is 51.3 Å². The number of aromatic nitrogens is 3. The van der Waals surface area contributed by atoms with Gasteiger partial charge in [-0.2, -0.15) is 9.61 Å². The molecule has 1 N–H and O–H groups in total. The Morgan fingerprint density at radius 1 is 1.13 bits per heavy atom. The van der Waals surface area contributed by atoms with Gasteiger partial charge in [-0.25, -0.2) is 0 Å². The molecule has 3 heterocycles. The van der Waals surface area contributed by atoms with E-state index in [-0.39, 0.29) is 5.56 Å². The van der Waals surface area contributed by atoms with E-state index in [0.717, 1.165) is 48.5 Å². The molecule has 2 aromatic heterocycles. The number of nitrogens with zero attached hydrogens (tertiary/aromatic N) is 3. The zero-order valence-electron chi connectivity index (χ0n) is 13.2. The van der Waals surface area contributed by atoms with Crippen molar-refractivity contribution in [2.75, 3.05) is 13.1 Å². The molecule has 5 nitrogen and oxygen atoms in total. The summed E-state index contributed by atoms with van der Waals surface area (Å²) in [7, 11) is 2.03. The predicted molar refractivity (Wildman–Crippen MR) is 90.7 cm³/mol. The maximum atomic E-state index is 12.5. The van der Waals surface area contributed by atoms with Crippen LogP contribution < -0.4 is 10.9 Å². The van der Waals surface area contributed by atoms with Crippen LogP contribution in [0.25, 0.3) is 16.9 Å². The van der Waals surface area contributed by atoms with Crippen LogP contribution in [0.4, 0.5) is 0 Å². The lowest BCUT2D eigenvalue weighted by Gasteiger charge is -2.25. The summed E-state index contributed by atoms with van der Waals surface area (Å²) in [5, 5.41) is 7.88. The summed E-state index contributed by atoms with van der Waals surface area (Å²) in [6.45, 7) is 2.02. The Kier molecular flexibility index (Phi) is 3.50. The summed E-state index contributed by atoms with van der Waals surface area (Å²) in [6, 6.07) is 13.7. The van der Waals surface area contributed by atoms with Gasteiger partial charge in [0.05, 0.1) is 5.69 Å². The number of nitrogens with one attached hydrogen (secondary N) is 1. The number of piperidine rings is 1. The lowest BCUT2D eigenvalue weighted by molar-refractivity contribution is 0.443. The van der Waals surface area contributed by atoms with Gasteiger partial charge in [-0.3, -0.25) is 4.79 Å². The van der Waals surface area contributed by atoms with Crippen LogP contribution in [-0.2, 0) is 7.05 Å². The second-order valence-electron chi connectivity index (χ2n) is 6.16. The van der Waals surface area contributed by atoms with Crippen LogP contribution >= 0.6 is 0 Å². The van der Waals surface area contributed by atoms with Crippen LogP contribution in [0.1, 0.15) is 24.5 Å². The molecule has 4 rings (SSSR count). The molecule has 0 bridgehead atoms. The number of fused-ring (bicyclic) bond motifs is 1. The largest absolute Gasteiger partial charge is 0.333 e. The van der Waals surface area contributed by atoms with E-state index in [0.29, 0.717) is 5.92 Å². The number of benzene rings is 1. The zero-order valence-corrected chi connectivity index (χ0v) is 13.2. The number of rotatable bonds is 2. The third-order valence-corrected chi connectivity index (χ3v) is 4.73. The minimum absolute atomic E-state index is 0.0474. The molecule has 0 unspecified atom stereocenters. The Labute approximate surface area is 134 Å². The maximum Gasteiger partial charge on any atom is 0.274 e. The van der Waals surface area contributed by atoms with Crippen LogP contribution in [0.3, 0.4) is 0 Å². The van der Waals surface area contributed by atoms with E-state index in [1.54, 1.807) is 6.07 Å². The second-order valence-corrected chi connectivity index (χ2v) is 6.16. The Morgan fingerprint density at radius 3 is 2.61 bits per heavy atom. The van der Waals surface area contributed by atoms with E-state index in [4.69, 9.17) is 0 Å². The van der Waals surface area contributed by atoms with Crippen molar-refractivity contribution in [3.05, 3.63) is 58.5 Å². The van der Waals surface area contributed by atoms with E-state index < -0.39 is 0 Å². The third kappa shape index (κ3) is 2.47. The highest BCUT2D eigenvalue weighted by Gasteiger charge is 2.20. The van der Waals surface area contributed by atoms with Crippen molar-refractivity contribution in [2.45, 2.75) is 18.8 Å². The van der Waals surface area contributed by atoms with Gasteiger partial charge >= 0.3 is 0 Å². The maximum absolute atomic E-state index is 12.5. The van der Waals surface area contributed by atoms with Gasteiger partial charge in [0.1, 0.15) is 5.65 Å². The quantitative estimate of drug-likeness (QED) is 0.789. The summed E-state index contributed by atoms with van der Waals surface area (Å²) >= 11 is 0. The molecule has 5 heteroatoms. The lowest BCUT2D eigenvalue weighted by atomic mass is 9.94. The zero-order chi connectivity index (χ0) is 15.8. The van der Waals surface area contributed by atoms with Gasteiger partial charge < -0.3 is 9.88 Å². The average Bonchev–Trinajstić information content (AvgIpc) is 3.06. The molecule has 0 radical (unpaired) electrons. The molecule has 1 aromatic carbocycles. The van der Waals surface area contributed by atoms with E-state index in [2.05, 4.69) is 15.0 Å². The van der Waals surface area contributed by atoms with Crippen molar-refractivity contribution in [3.63, 3.8) is 0 Å². The Hall–Kier alpha value is -2.40. The lowest BCUT2D eigenvalue weighted by Crippen LogP contribution is -2.29. The first kappa shape index (κ1) is 14.2. The normalized spacial score (nSPS) is 16.0. The van der Waals surface area contributed by atoms with Crippen LogP contribution in [0.2, 0.25) is 0 Å². The molecule has 0 atom stereocenters. The van der Waals surface area contributed by atoms with Gasteiger partial charge in [0, 0.05) is 36.4 Å². The van der Waals surface area contributed by atoms with Crippen molar-refractivity contribution in [1.82, 2.24) is 19.5 Å². The minimum atomic E-state index is -0.0474. The molecule has 23 heavy (non-hydrogen) atoms. The van der Waals surface area contributed by atoms with Crippen molar-refractivity contribution in [1.29, 1.82) is 0 Å². The summed E-state index contributed by atoms with van der Waals surface area (Å²) in [6.07, 6.45) is 2.15. The standard InChI is InChI=1S/C18H20N4O/c1-21-16(14-7-9-19-10-8-14)12-18(23)22-17(21)11-15(20-22)13-5-3-2-4-6-13/h2-6,11-12,14,19H,7-10H2,1H3. The smallest absolute Gasteiger partial charge is 0.274 e. The Bertz CT molecular complexity index is 889. The summed E-state index contributed by atoms with van der Waals surface area (Å²) < 4.78 is 3.63. The molecule has 0 spiro atoms. The fourth-order valence-electron chi connectivity index (χ4n) is 3.45. The first-order chi connectivity index (χ1) is 11.2. The van der Waals surface area contributed by atoms with Gasteiger partial charge in [0.2, 0.25) is 0 Å². The van der Waals surface area contributed by atoms with Crippen LogP contribution in [0.5, 0.6) is 0 Å². The molecule has 3 aromatic rings. The summed E-state index contributed by atoms with van der Waals surface area (Å²) in [5.74, 6) is 0.439. The van der Waals surface area contributed by atoms with E-state index >= 15 is 0 Å². The van der Waals surface area contributed by atoms with Crippen molar-refractivity contribution in [3.8, 4) is 11.3 Å². The fourth-order valence-corrected chi connectivity index (χ4v) is 3.45. The average molecular weight is 308 g/mol. The summed E-state index contributed by atoms with van der Waals surface area (Å²) in [5.41, 5.74) is 3.78. The van der Waals surface area contributed by atoms with Gasteiger partial charge in [0.15, 0.2) is 0 Å². The predicted octanol–water partition coefficient (Wildman–Crippen LogP) is 2.17. The van der Waals surface area contributed by atoms with Crippen molar-refractivity contribution < 1.29 is 0 Å². The SMILES string of the molecule is Cn1c(C2CCNCC2)cc(=O)n2nc(-c3ccccc3)cc12. The molecule has 0 aliphatic carbocycles. The summed E-state index contributed by atoms with van der Waals surface area (Å²) in [4.78, 5) is 12.5. The van der Waals surface area contributed by atoms with Gasteiger partial charge in [-0.1, -0.05) is 30.3 Å². The van der Waals surface area contributed by atoms with E-state index in [9.17, 15) is 4.79 Å². The second kappa shape index (κ2) is 5.66. The highest BCUT2D eigenvalue weighted by Crippen LogP contribution is 2.26. The van der Waals surface area contributed by atoms with Crippen LogP contribution in [-0.4, -0.2) is 27.3 Å². The highest BCUT2D eigenvalue weighted by molar-refractivity contribution is 5.64. The molecular formula is C18H20N4O. The first-order valence-electron chi connectivity index (χ1n) is 8.10. The molecule has 1 fully saturated rings. The first-order valence-corrected chi connectivity index (χ1v) is 8.10. The molecule has 0 saturated carbocycles. The van der Waals surface area contributed by atoms with E-state index in [1.165, 1.54) is 4.52 Å². The molecular weight excluding hydrogens is 288 g/mol. The van der Waals surface area contributed by atoms with Gasteiger partial charge in [-0.05, 0) is 25.9 Å². The number of aryl methyl sites for hydroxylation is 1. The highest BCUT2D eigenvalue weighted by atomic mass is 16.1. The van der Waals surface area contributed by atoms with Gasteiger partial charge in [-0.15, -0.1) is 0 Å². The fraction of sp³-hybridized carbons (Fsp3) is 0.333.